The molecule has 1 saturated carbocycles. The quantitative estimate of drug-likeness (QED) is 0.619. The molecule has 2 atom stereocenters. The highest BCUT2D eigenvalue weighted by Crippen LogP contribution is 2.45. The minimum Gasteiger partial charge on any atom is -0.457 e. The Labute approximate surface area is 91.7 Å². The monoisotopic (exact) mass is 208 g/mol. The number of ether oxygens (including phenoxy) is 1. The summed E-state index contributed by atoms with van der Waals surface area (Å²) in [5.41, 5.74) is 0.585. The van der Waals surface area contributed by atoms with E-state index in [1.165, 1.54) is 19.3 Å². The SMILES string of the molecule is CC(C)(C)OC(=O)C1=CCCC2CCC12. The number of allylic oxidation sites excluding steroid dienone is 1. The van der Waals surface area contributed by atoms with Crippen LogP contribution in [0.1, 0.15) is 46.5 Å². The Morgan fingerprint density at radius 1 is 1.33 bits per heavy atom. The predicted octanol–water partition coefficient (Wildman–Crippen LogP) is 3.07. The van der Waals surface area contributed by atoms with Crippen LogP contribution in [0.15, 0.2) is 11.6 Å². The van der Waals surface area contributed by atoms with Crippen LogP contribution in [-0.2, 0) is 9.53 Å². The lowest BCUT2D eigenvalue weighted by Gasteiger charge is -2.40. The number of carbonyl (C=O) groups is 1. The fourth-order valence-corrected chi connectivity index (χ4v) is 2.50. The van der Waals surface area contributed by atoms with Gasteiger partial charge in [-0.3, -0.25) is 0 Å². The van der Waals surface area contributed by atoms with Crippen LogP contribution in [0.2, 0.25) is 0 Å². The highest BCUT2D eigenvalue weighted by atomic mass is 16.6. The zero-order valence-corrected chi connectivity index (χ0v) is 9.88. The topological polar surface area (TPSA) is 26.3 Å². The van der Waals surface area contributed by atoms with Crippen LogP contribution >= 0.6 is 0 Å². The predicted molar refractivity (Wildman–Crippen MR) is 59.4 cm³/mol. The summed E-state index contributed by atoms with van der Waals surface area (Å²) in [7, 11) is 0. The molecule has 0 aliphatic heterocycles. The van der Waals surface area contributed by atoms with E-state index < -0.39 is 0 Å². The molecule has 2 unspecified atom stereocenters. The number of hydrogen-bond acceptors (Lipinski definition) is 2. The second-order valence-electron chi connectivity index (χ2n) is 5.68. The standard InChI is InChI=1S/C13H20O2/c1-13(2,3)15-12(14)11-6-4-5-9-7-8-10(9)11/h6,9-10H,4-5,7-8H2,1-3H3. The van der Waals surface area contributed by atoms with Crippen molar-refractivity contribution in [1.29, 1.82) is 0 Å². The minimum absolute atomic E-state index is 0.0862. The Kier molecular flexibility index (Phi) is 2.61. The molecule has 1 fully saturated rings. The molecule has 0 heterocycles. The average Bonchev–Trinajstić information content (AvgIpc) is 2.03. The lowest BCUT2D eigenvalue weighted by Crippen LogP contribution is -2.35. The third-order valence-corrected chi connectivity index (χ3v) is 3.35. The van der Waals surface area contributed by atoms with Crippen LogP contribution in [0.3, 0.4) is 0 Å². The molecule has 0 aromatic rings. The second kappa shape index (κ2) is 3.66. The van der Waals surface area contributed by atoms with Crippen molar-refractivity contribution in [2.24, 2.45) is 11.8 Å². The van der Waals surface area contributed by atoms with Gasteiger partial charge in [0.2, 0.25) is 0 Å². The molecule has 0 saturated heterocycles. The molecule has 2 aliphatic rings. The van der Waals surface area contributed by atoms with Crippen molar-refractivity contribution in [3.8, 4) is 0 Å². The van der Waals surface area contributed by atoms with Gasteiger partial charge >= 0.3 is 5.97 Å². The normalized spacial score (nSPS) is 29.9. The molecular formula is C13H20O2. The third kappa shape index (κ3) is 2.24. The molecule has 2 nitrogen and oxygen atoms in total. The Bertz CT molecular complexity index is 296. The zero-order valence-electron chi connectivity index (χ0n) is 9.88. The smallest absolute Gasteiger partial charge is 0.334 e. The molecule has 15 heavy (non-hydrogen) atoms. The van der Waals surface area contributed by atoms with Gasteiger partial charge in [-0.25, -0.2) is 4.79 Å². The van der Waals surface area contributed by atoms with Crippen LogP contribution in [0.5, 0.6) is 0 Å². The molecule has 2 heteroatoms. The van der Waals surface area contributed by atoms with Crippen LogP contribution < -0.4 is 0 Å². The van der Waals surface area contributed by atoms with Gasteiger partial charge in [0.05, 0.1) is 0 Å². The summed E-state index contributed by atoms with van der Waals surface area (Å²) < 4.78 is 5.42. The third-order valence-electron chi connectivity index (χ3n) is 3.35. The summed E-state index contributed by atoms with van der Waals surface area (Å²) in [5, 5.41) is 0. The number of hydrogen-bond donors (Lipinski definition) is 0. The summed E-state index contributed by atoms with van der Waals surface area (Å²) in [4.78, 5) is 11.9. The Morgan fingerprint density at radius 3 is 2.60 bits per heavy atom. The molecule has 2 aliphatic carbocycles. The Morgan fingerprint density at radius 2 is 2.07 bits per heavy atom. The largest absolute Gasteiger partial charge is 0.457 e. The highest BCUT2D eigenvalue weighted by molar-refractivity contribution is 5.89. The number of fused-ring (bicyclic) bond motifs is 1. The first-order chi connectivity index (χ1) is 6.97. The lowest BCUT2D eigenvalue weighted by molar-refractivity contribution is -0.151. The van der Waals surface area contributed by atoms with Crippen LogP contribution in [0.4, 0.5) is 0 Å². The van der Waals surface area contributed by atoms with Gasteiger partial charge in [-0.2, -0.15) is 0 Å². The van der Waals surface area contributed by atoms with Gasteiger partial charge in [-0.05, 0) is 58.3 Å². The van der Waals surface area contributed by atoms with Gasteiger partial charge in [0, 0.05) is 5.57 Å². The average molecular weight is 208 g/mol. The Balaban J connectivity index is 2.03. The Hall–Kier alpha value is -0.790. The van der Waals surface area contributed by atoms with Gasteiger partial charge in [-0.1, -0.05) is 6.08 Å². The number of carbonyl (C=O) groups excluding carboxylic acids is 1. The van der Waals surface area contributed by atoms with E-state index in [0.29, 0.717) is 5.92 Å². The van der Waals surface area contributed by atoms with Crippen molar-refractivity contribution in [2.45, 2.75) is 52.1 Å². The molecule has 0 spiro atoms. The highest BCUT2D eigenvalue weighted by Gasteiger charge is 2.39. The van der Waals surface area contributed by atoms with Crippen molar-refractivity contribution < 1.29 is 9.53 Å². The van der Waals surface area contributed by atoms with Gasteiger partial charge in [-0.15, -0.1) is 0 Å². The van der Waals surface area contributed by atoms with E-state index in [-0.39, 0.29) is 11.6 Å². The molecular weight excluding hydrogens is 188 g/mol. The molecule has 2 rings (SSSR count). The zero-order chi connectivity index (χ0) is 11.1. The first kappa shape index (κ1) is 10.7. The lowest BCUT2D eigenvalue weighted by atomic mass is 9.65. The van der Waals surface area contributed by atoms with Crippen LogP contribution in [-0.4, -0.2) is 11.6 Å². The van der Waals surface area contributed by atoms with E-state index in [1.807, 2.05) is 20.8 Å². The number of esters is 1. The summed E-state index contributed by atoms with van der Waals surface area (Å²) in [6.07, 6.45) is 6.88. The van der Waals surface area contributed by atoms with Gasteiger partial charge in [0.15, 0.2) is 0 Å². The first-order valence-electron chi connectivity index (χ1n) is 5.91. The molecule has 84 valence electrons. The molecule has 0 amide bonds. The molecule has 0 N–H and O–H groups in total. The summed E-state index contributed by atoms with van der Waals surface area (Å²) in [6.45, 7) is 5.77. The van der Waals surface area contributed by atoms with Crippen molar-refractivity contribution in [3.05, 3.63) is 11.6 Å². The second-order valence-corrected chi connectivity index (χ2v) is 5.68. The van der Waals surface area contributed by atoms with Crippen molar-refractivity contribution in [2.75, 3.05) is 0 Å². The van der Waals surface area contributed by atoms with E-state index in [2.05, 4.69) is 6.08 Å². The number of rotatable bonds is 1. The van der Waals surface area contributed by atoms with E-state index in [9.17, 15) is 4.79 Å². The summed E-state index contributed by atoms with van der Waals surface area (Å²) >= 11 is 0. The van der Waals surface area contributed by atoms with E-state index in [1.54, 1.807) is 0 Å². The molecule has 0 aromatic carbocycles. The van der Waals surface area contributed by atoms with Crippen LogP contribution in [0.25, 0.3) is 0 Å². The maximum absolute atomic E-state index is 11.9. The van der Waals surface area contributed by atoms with Crippen LogP contribution in [0, 0.1) is 11.8 Å². The van der Waals surface area contributed by atoms with E-state index >= 15 is 0 Å². The van der Waals surface area contributed by atoms with Gasteiger partial charge in [0.25, 0.3) is 0 Å². The maximum Gasteiger partial charge on any atom is 0.334 e. The van der Waals surface area contributed by atoms with E-state index in [4.69, 9.17) is 4.74 Å². The maximum atomic E-state index is 11.9. The fourth-order valence-electron chi connectivity index (χ4n) is 2.50. The summed E-state index contributed by atoms with van der Waals surface area (Å²) in [6, 6.07) is 0. The van der Waals surface area contributed by atoms with Crippen molar-refractivity contribution in [3.63, 3.8) is 0 Å². The summed E-state index contributed by atoms with van der Waals surface area (Å²) in [5.74, 6) is 1.18. The minimum atomic E-state index is -0.366. The molecule has 0 radical (unpaired) electrons. The molecule has 0 bridgehead atoms. The first-order valence-corrected chi connectivity index (χ1v) is 5.91. The van der Waals surface area contributed by atoms with E-state index in [0.717, 1.165) is 17.9 Å². The van der Waals surface area contributed by atoms with Gasteiger partial charge in [0.1, 0.15) is 5.60 Å². The van der Waals surface area contributed by atoms with Gasteiger partial charge < -0.3 is 4.74 Å². The van der Waals surface area contributed by atoms with Crippen molar-refractivity contribution >= 4 is 5.97 Å². The van der Waals surface area contributed by atoms with Crippen molar-refractivity contribution in [1.82, 2.24) is 0 Å². The molecule has 0 aromatic heterocycles. The fraction of sp³-hybridized carbons (Fsp3) is 0.769.